The fourth-order valence-electron chi connectivity index (χ4n) is 1.03. The molecule has 3 heteroatoms. The van der Waals surface area contributed by atoms with Crippen LogP contribution >= 0.6 is 27.5 Å². The van der Waals surface area contributed by atoms with Gasteiger partial charge in [0.25, 0.3) is 0 Å². The number of rotatable bonds is 2. The van der Waals surface area contributed by atoms with Gasteiger partial charge in [0.1, 0.15) is 0 Å². The van der Waals surface area contributed by atoms with Gasteiger partial charge in [-0.15, -0.1) is 0 Å². The summed E-state index contributed by atoms with van der Waals surface area (Å²) in [5.41, 5.74) is 7.71. The number of halogens is 2. The molecular weight excluding hydrogens is 249 g/mol. The Labute approximate surface area is 91.7 Å². The minimum Gasteiger partial charge on any atom is -0.321 e. The Kier molecular flexibility index (Phi) is 3.54. The van der Waals surface area contributed by atoms with Gasteiger partial charge in [-0.2, -0.15) is 0 Å². The van der Waals surface area contributed by atoms with Gasteiger partial charge in [-0.05, 0) is 34.5 Å². The van der Waals surface area contributed by atoms with Crippen molar-refractivity contribution < 1.29 is 0 Å². The lowest BCUT2D eigenvalue weighted by Crippen LogP contribution is -2.11. The zero-order chi connectivity index (χ0) is 10.0. The highest BCUT2D eigenvalue weighted by Crippen LogP contribution is 2.31. The molecule has 70 valence electrons. The van der Waals surface area contributed by atoms with Crippen LogP contribution in [0.2, 0.25) is 5.02 Å². The van der Waals surface area contributed by atoms with Gasteiger partial charge in [0.15, 0.2) is 0 Å². The summed E-state index contributed by atoms with van der Waals surface area (Å²) >= 11 is 9.41. The Morgan fingerprint density at radius 1 is 1.62 bits per heavy atom. The zero-order valence-corrected chi connectivity index (χ0v) is 9.69. The quantitative estimate of drug-likeness (QED) is 0.807. The Morgan fingerprint density at radius 2 is 2.23 bits per heavy atom. The van der Waals surface area contributed by atoms with Gasteiger partial charge < -0.3 is 5.73 Å². The average molecular weight is 261 g/mol. The lowest BCUT2D eigenvalue weighted by Gasteiger charge is -2.13. The second kappa shape index (κ2) is 4.27. The molecule has 0 aliphatic rings. The molecule has 1 aromatic carbocycles. The molecule has 0 saturated heterocycles. The highest BCUT2D eigenvalue weighted by molar-refractivity contribution is 9.10. The van der Waals surface area contributed by atoms with Gasteiger partial charge in [0.05, 0.1) is 11.1 Å². The van der Waals surface area contributed by atoms with Crippen LogP contribution in [0.5, 0.6) is 0 Å². The van der Waals surface area contributed by atoms with E-state index in [0.717, 1.165) is 15.6 Å². The van der Waals surface area contributed by atoms with Crippen molar-refractivity contribution in [2.45, 2.75) is 13.0 Å². The van der Waals surface area contributed by atoms with E-state index in [1.165, 1.54) is 0 Å². The summed E-state index contributed by atoms with van der Waals surface area (Å²) in [4.78, 5) is 0. The van der Waals surface area contributed by atoms with Gasteiger partial charge in [0, 0.05) is 4.47 Å². The number of nitrogens with two attached hydrogens (primary N) is 1. The monoisotopic (exact) mass is 259 g/mol. The maximum absolute atomic E-state index is 6.06. The van der Waals surface area contributed by atoms with Crippen molar-refractivity contribution in [2.75, 3.05) is 0 Å². The summed E-state index contributed by atoms with van der Waals surface area (Å²) in [5, 5.41) is 0.665. The predicted molar refractivity (Wildman–Crippen MR) is 60.9 cm³/mol. The van der Waals surface area contributed by atoms with Crippen LogP contribution in [-0.4, -0.2) is 0 Å². The van der Waals surface area contributed by atoms with Gasteiger partial charge in [-0.3, -0.25) is 0 Å². The van der Waals surface area contributed by atoms with E-state index >= 15 is 0 Å². The maximum Gasteiger partial charge on any atom is 0.0599 e. The van der Waals surface area contributed by atoms with Crippen LogP contribution in [0.15, 0.2) is 34.8 Å². The average Bonchev–Trinajstić information content (AvgIpc) is 2.08. The first-order valence-corrected chi connectivity index (χ1v) is 5.06. The first-order valence-electron chi connectivity index (χ1n) is 3.89. The van der Waals surface area contributed by atoms with Crippen molar-refractivity contribution in [3.8, 4) is 0 Å². The molecule has 1 nitrogen and oxygen atoms in total. The van der Waals surface area contributed by atoms with Gasteiger partial charge in [-0.1, -0.05) is 35.9 Å². The van der Waals surface area contributed by atoms with Crippen molar-refractivity contribution >= 4 is 27.5 Å². The number of hydrogen-bond acceptors (Lipinski definition) is 1. The van der Waals surface area contributed by atoms with Crippen LogP contribution in [0.4, 0.5) is 0 Å². The largest absolute Gasteiger partial charge is 0.321 e. The Balaban J connectivity index is 3.15. The summed E-state index contributed by atoms with van der Waals surface area (Å²) in [6.45, 7) is 5.69. The molecule has 0 aliphatic heterocycles. The van der Waals surface area contributed by atoms with Crippen LogP contribution in [0.1, 0.15) is 18.5 Å². The summed E-state index contributed by atoms with van der Waals surface area (Å²) in [7, 11) is 0. The van der Waals surface area contributed by atoms with Crippen molar-refractivity contribution in [1.82, 2.24) is 0 Å². The topological polar surface area (TPSA) is 26.0 Å². The molecular formula is C10H11BrClN. The molecule has 0 saturated carbocycles. The summed E-state index contributed by atoms with van der Waals surface area (Å²) in [5.74, 6) is 0. The summed E-state index contributed by atoms with van der Waals surface area (Å²) in [6.07, 6.45) is 0. The molecule has 0 amide bonds. The molecule has 0 bridgehead atoms. The lowest BCUT2D eigenvalue weighted by atomic mass is 10.0. The standard InChI is InChI=1S/C10H11BrClN/c1-6(2)10(13)7-4-3-5-8(11)9(7)12/h3-5,10H,1,13H2,2H3. The van der Waals surface area contributed by atoms with E-state index in [-0.39, 0.29) is 6.04 Å². The molecule has 2 N–H and O–H groups in total. The molecule has 1 aromatic rings. The highest BCUT2D eigenvalue weighted by atomic mass is 79.9. The first-order chi connectivity index (χ1) is 6.04. The SMILES string of the molecule is C=C(C)C(N)c1cccc(Br)c1Cl. The molecule has 0 aliphatic carbocycles. The molecule has 0 radical (unpaired) electrons. The summed E-state index contributed by atoms with van der Waals surface area (Å²) in [6, 6.07) is 5.52. The van der Waals surface area contributed by atoms with Crippen LogP contribution in [0, 0.1) is 0 Å². The van der Waals surface area contributed by atoms with E-state index in [9.17, 15) is 0 Å². The van der Waals surface area contributed by atoms with Crippen LogP contribution in [0.25, 0.3) is 0 Å². The fraction of sp³-hybridized carbons (Fsp3) is 0.200. The third-order valence-corrected chi connectivity index (χ3v) is 3.16. The smallest absolute Gasteiger partial charge is 0.0599 e. The minimum atomic E-state index is -0.190. The van der Waals surface area contributed by atoms with Gasteiger partial charge in [0.2, 0.25) is 0 Å². The zero-order valence-electron chi connectivity index (χ0n) is 7.35. The summed E-state index contributed by atoms with van der Waals surface area (Å²) < 4.78 is 0.864. The van der Waals surface area contributed by atoms with E-state index in [1.807, 2.05) is 25.1 Å². The lowest BCUT2D eigenvalue weighted by molar-refractivity contribution is 0.850. The van der Waals surface area contributed by atoms with Crippen LogP contribution in [-0.2, 0) is 0 Å². The van der Waals surface area contributed by atoms with Crippen molar-refractivity contribution in [1.29, 1.82) is 0 Å². The third kappa shape index (κ3) is 2.33. The van der Waals surface area contributed by atoms with Crippen LogP contribution < -0.4 is 5.73 Å². The van der Waals surface area contributed by atoms with Gasteiger partial charge in [-0.25, -0.2) is 0 Å². The van der Waals surface area contributed by atoms with E-state index in [0.29, 0.717) is 5.02 Å². The Morgan fingerprint density at radius 3 is 2.77 bits per heavy atom. The Bertz CT molecular complexity index is 336. The second-order valence-corrected chi connectivity index (χ2v) is 4.20. The van der Waals surface area contributed by atoms with E-state index in [2.05, 4.69) is 22.5 Å². The molecule has 1 rings (SSSR count). The molecule has 0 aromatic heterocycles. The van der Waals surface area contributed by atoms with E-state index in [4.69, 9.17) is 17.3 Å². The van der Waals surface area contributed by atoms with Crippen LogP contribution in [0.3, 0.4) is 0 Å². The Hall–Kier alpha value is -0.310. The van der Waals surface area contributed by atoms with E-state index in [1.54, 1.807) is 0 Å². The van der Waals surface area contributed by atoms with Crippen molar-refractivity contribution in [3.63, 3.8) is 0 Å². The third-order valence-electron chi connectivity index (χ3n) is 1.85. The first kappa shape index (κ1) is 10.8. The molecule has 0 fully saturated rings. The maximum atomic E-state index is 6.06. The normalized spacial score (nSPS) is 12.6. The predicted octanol–water partition coefficient (Wildman–Crippen LogP) is 3.68. The molecule has 13 heavy (non-hydrogen) atoms. The molecule has 0 heterocycles. The molecule has 1 unspecified atom stereocenters. The van der Waals surface area contributed by atoms with Crippen molar-refractivity contribution in [3.05, 3.63) is 45.4 Å². The van der Waals surface area contributed by atoms with Gasteiger partial charge >= 0.3 is 0 Å². The molecule has 0 spiro atoms. The number of benzene rings is 1. The van der Waals surface area contributed by atoms with E-state index < -0.39 is 0 Å². The minimum absolute atomic E-state index is 0.190. The second-order valence-electron chi connectivity index (χ2n) is 2.97. The fourth-order valence-corrected chi connectivity index (χ4v) is 1.65. The highest BCUT2D eigenvalue weighted by Gasteiger charge is 2.11. The molecule has 1 atom stereocenters. The van der Waals surface area contributed by atoms with Crippen molar-refractivity contribution in [2.24, 2.45) is 5.73 Å². The number of hydrogen-bond donors (Lipinski definition) is 1.